The van der Waals surface area contributed by atoms with Crippen LogP contribution in [0, 0.1) is 0 Å². The number of oxime groups is 1. The molecular weight excluding hydrogens is 496 g/mol. The van der Waals surface area contributed by atoms with E-state index in [0.29, 0.717) is 27.9 Å². The van der Waals surface area contributed by atoms with E-state index in [-0.39, 0.29) is 11.6 Å². The topological polar surface area (TPSA) is 174 Å². The number of hydrogen-bond donors (Lipinski definition) is 2. The van der Waals surface area contributed by atoms with E-state index in [4.69, 9.17) is 9.57 Å². The summed E-state index contributed by atoms with van der Waals surface area (Å²) in [6.07, 6.45) is -1.54. The van der Waals surface area contributed by atoms with Crippen LogP contribution >= 0.6 is 34.9 Å². The van der Waals surface area contributed by atoms with Gasteiger partial charge in [0.15, 0.2) is 5.71 Å². The number of ether oxygens (including phenoxy) is 1. The van der Waals surface area contributed by atoms with E-state index in [1.807, 2.05) is 0 Å². The minimum Gasteiger partial charge on any atom is -0.449 e. The second kappa shape index (κ2) is 9.75. The summed E-state index contributed by atoms with van der Waals surface area (Å²) < 4.78 is 6.43. The highest BCUT2D eigenvalue weighted by Crippen LogP contribution is 2.41. The molecule has 2 amide bonds. The number of rotatable bonds is 8. The standard InChI is InChI=1S/C16H16N8O6S3/c1-23-15(19-21-22-23)33-4-7-3-32-14-10(12(26)24(14)13(7)30-16(27)28)18-11(25)9(20-29-2)8-5-31-6-17-8/h5-6,10,14H,3-4H2,1-2H3,(H,18,25)(H,27,28)/t10?,14-/m0/s1. The number of aryl methyl sites for hydroxylation is 1. The summed E-state index contributed by atoms with van der Waals surface area (Å²) in [5.74, 6) is -0.509. The number of fused-ring (bicyclic) bond motifs is 1. The minimum atomic E-state index is -1.54. The van der Waals surface area contributed by atoms with Crippen molar-refractivity contribution in [3.05, 3.63) is 28.0 Å². The van der Waals surface area contributed by atoms with Crippen molar-refractivity contribution in [2.75, 3.05) is 18.6 Å². The van der Waals surface area contributed by atoms with Crippen LogP contribution in [0.2, 0.25) is 0 Å². The third kappa shape index (κ3) is 4.64. The lowest BCUT2D eigenvalue weighted by molar-refractivity contribution is -0.148. The van der Waals surface area contributed by atoms with E-state index in [1.165, 1.54) is 57.1 Å². The Labute approximate surface area is 198 Å². The first kappa shape index (κ1) is 23.0. The number of carbonyl (C=O) groups excluding carboxylic acids is 2. The van der Waals surface area contributed by atoms with Gasteiger partial charge in [0.2, 0.25) is 11.0 Å². The van der Waals surface area contributed by atoms with Gasteiger partial charge >= 0.3 is 6.16 Å². The zero-order chi connectivity index (χ0) is 23.5. The van der Waals surface area contributed by atoms with E-state index in [9.17, 15) is 19.5 Å². The quantitative estimate of drug-likeness (QED) is 0.161. The van der Waals surface area contributed by atoms with Crippen LogP contribution in [0.3, 0.4) is 0 Å². The Morgan fingerprint density at radius 1 is 1.45 bits per heavy atom. The smallest absolute Gasteiger partial charge is 0.449 e. The van der Waals surface area contributed by atoms with E-state index in [0.717, 1.165) is 0 Å². The SMILES string of the molecule is CON=C(C(=O)NC1C(=O)N2C(OC(=O)O)=C(CSc3nnnn3C)CS[C@@H]12)c1cscn1. The van der Waals surface area contributed by atoms with Gasteiger partial charge in [-0.3, -0.25) is 14.5 Å². The maximum atomic E-state index is 12.9. The molecule has 0 spiro atoms. The van der Waals surface area contributed by atoms with Crippen LogP contribution in [0.1, 0.15) is 5.69 Å². The van der Waals surface area contributed by atoms with Crippen LogP contribution in [-0.2, 0) is 26.2 Å². The van der Waals surface area contributed by atoms with Gasteiger partial charge < -0.3 is 20.0 Å². The highest BCUT2D eigenvalue weighted by Gasteiger charge is 2.54. The molecule has 4 rings (SSSR count). The molecular formula is C16H16N8O6S3. The molecule has 0 radical (unpaired) electrons. The molecule has 2 aliphatic heterocycles. The first-order valence-electron chi connectivity index (χ1n) is 9.14. The molecule has 0 aliphatic carbocycles. The molecule has 14 nitrogen and oxygen atoms in total. The number of nitrogens with one attached hydrogen (secondary N) is 1. The molecule has 2 N–H and O–H groups in total. The van der Waals surface area contributed by atoms with Crippen LogP contribution in [0.25, 0.3) is 0 Å². The van der Waals surface area contributed by atoms with Crippen molar-refractivity contribution >= 4 is 58.5 Å². The van der Waals surface area contributed by atoms with Crippen molar-refractivity contribution in [3.63, 3.8) is 0 Å². The Morgan fingerprint density at radius 3 is 2.91 bits per heavy atom. The van der Waals surface area contributed by atoms with Gasteiger partial charge in [0.05, 0.1) is 5.51 Å². The van der Waals surface area contributed by atoms with Gasteiger partial charge in [0.1, 0.15) is 24.2 Å². The van der Waals surface area contributed by atoms with Gasteiger partial charge in [-0.25, -0.2) is 14.5 Å². The average molecular weight is 513 g/mol. The lowest BCUT2D eigenvalue weighted by Gasteiger charge is -2.49. The molecule has 0 aromatic carbocycles. The van der Waals surface area contributed by atoms with Crippen molar-refractivity contribution in [3.8, 4) is 0 Å². The Morgan fingerprint density at radius 2 is 2.27 bits per heavy atom. The van der Waals surface area contributed by atoms with Crippen LogP contribution in [0.15, 0.2) is 32.7 Å². The van der Waals surface area contributed by atoms with Crippen molar-refractivity contribution in [2.45, 2.75) is 16.6 Å². The summed E-state index contributed by atoms with van der Waals surface area (Å²) in [6, 6.07) is -0.896. The number of aromatic nitrogens is 5. The van der Waals surface area contributed by atoms with E-state index < -0.39 is 29.4 Å². The maximum Gasteiger partial charge on any atom is 0.512 e. The number of nitrogens with zero attached hydrogens (tertiary/aromatic N) is 7. The van der Waals surface area contributed by atoms with Crippen LogP contribution in [-0.4, -0.2) is 88.9 Å². The molecule has 2 aromatic rings. The normalized spacial score (nSPS) is 20.2. The summed E-state index contributed by atoms with van der Waals surface area (Å²) in [6.45, 7) is 0. The van der Waals surface area contributed by atoms with Gasteiger partial charge in [-0.1, -0.05) is 16.9 Å². The third-order valence-electron chi connectivity index (χ3n) is 4.49. The average Bonchev–Trinajstić information content (AvgIpc) is 3.45. The van der Waals surface area contributed by atoms with Gasteiger partial charge in [-0.15, -0.1) is 28.2 Å². The fourth-order valence-corrected chi connectivity index (χ4v) is 5.87. The molecule has 2 aromatic heterocycles. The molecule has 1 fully saturated rings. The Bertz CT molecular complexity index is 1130. The first-order valence-corrected chi connectivity index (χ1v) is 12.1. The largest absolute Gasteiger partial charge is 0.512 e. The van der Waals surface area contributed by atoms with E-state index in [1.54, 1.807) is 12.4 Å². The second-order valence-corrected chi connectivity index (χ2v) is 9.27. The summed E-state index contributed by atoms with van der Waals surface area (Å²) >= 11 is 3.93. The highest BCUT2D eigenvalue weighted by molar-refractivity contribution is 8.01. The van der Waals surface area contributed by atoms with E-state index in [2.05, 4.69) is 31.0 Å². The molecule has 17 heteroatoms. The number of β-lactam (4-membered cyclic amide) rings is 1. The van der Waals surface area contributed by atoms with Crippen molar-refractivity contribution in [1.29, 1.82) is 0 Å². The first-order chi connectivity index (χ1) is 15.9. The predicted octanol–water partition coefficient (Wildman–Crippen LogP) is 0.115. The zero-order valence-electron chi connectivity index (χ0n) is 17.1. The molecule has 1 unspecified atom stereocenters. The number of thiazole rings is 1. The molecule has 33 heavy (non-hydrogen) atoms. The van der Waals surface area contributed by atoms with Gasteiger partial charge in [0.25, 0.3) is 11.8 Å². The number of hydrogen-bond acceptors (Lipinski definition) is 13. The summed E-state index contributed by atoms with van der Waals surface area (Å²) in [4.78, 5) is 46.9. The number of tetrazole rings is 1. The summed E-state index contributed by atoms with van der Waals surface area (Å²) in [7, 11) is 2.97. The second-order valence-electron chi connectivity index (χ2n) is 6.51. The van der Waals surface area contributed by atoms with Crippen LogP contribution in [0.5, 0.6) is 0 Å². The molecule has 2 aliphatic rings. The number of amides is 2. The fourth-order valence-electron chi connectivity index (χ4n) is 3.04. The minimum absolute atomic E-state index is 0.0605. The monoisotopic (exact) mass is 512 g/mol. The lowest BCUT2D eigenvalue weighted by Crippen LogP contribution is -2.70. The zero-order valence-corrected chi connectivity index (χ0v) is 19.5. The lowest BCUT2D eigenvalue weighted by atomic mass is 10.1. The summed E-state index contributed by atoms with van der Waals surface area (Å²) in [5.41, 5.74) is 2.37. The van der Waals surface area contributed by atoms with E-state index >= 15 is 0 Å². The van der Waals surface area contributed by atoms with Gasteiger partial charge in [0, 0.05) is 29.5 Å². The molecule has 0 bridgehead atoms. The summed E-state index contributed by atoms with van der Waals surface area (Å²) in [5, 5.41) is 28.3. The number of carboxylic acid groups (broad SMARTS) is 1. The molecule has 1 saturated heterocycles. The van der Waals surface area contributed by atoms with Crippen molar-refractivity contribution < 1.29 is 29.1 Å². The third-order valence-corrected chi connectivity index (χ3v) is 7.52. The van der Waals surface area contributed by atoms with Crippen molar-refractivity contribution in [1.82, 2.24) is 35.4 Å². The fraction of sp³-hybridized carbons (Fsp3) is 0.375. The number of thioether (sulfide) groups is 2. The van der Waals surface area contributed by atoms with Crippen LogP contribution < -0.4 is 5.32 Å². The Hall–Kier alpha value is -3.18. The van der Waals surface area contributed by atoms with Crippen molar-refractivity contribution in [2.24, 2.45) is 12.2 Å². The Balaban J connectivity index is 1.50. The molecule has 0 saturated carbocycles. The maximum absolute atomic E-state index is 12.9. The van der Waals surface area contributed by atoms with Crippen LogP contribution in [0.4, 0.5) is 4.79 Å². The van der Waals surface area contributed by atoms with Gasteiger partial charge in [-0.2, -0.15) is 0 Å². The molecule has 4 heterocycles. The Kier molecular flexibility index (Phi) is 6.80. The highest BCUT2D eigenvalue weighted by atomic mass is 32.2. The predicted molar refractivity (Wildman–Crippen MR) is 116 cm³/mol. The molecule has 2 atom stereocenters. The number of carbonyl (C=O) groups is 3. The molecule has 174 valence electrons. The van der Waals surface area contributed by atoms with Gasteiger partial charge in [-0.05, 0) is 10.4 Å².